The van der Waals surface area contributed by atoms with Crippen LogP contribution in [0.4, 0.5) is 0 Å². The molecule has 0 atom stereocenters. The summed E-state index contributed by atoms with van der Waals surface area (Å²) in [6.07, 6.45) is 0. The van der Waals surface area contributed by atoms with Crippen LogP contribution in [-0.4, -0.2) is 13.7 Å². The van der Waals surface area contributed by atoms with Crippen molar-refractivity contribution in [1.82, 2.24) is 0 Å². The molecule has 0 bridgehead atoms. The van der Waals surface area contributed by atoms with E-state index in [-0.39, 0.29) is 0 Å². The average molecular weight is 166 g/mol. The van der Waals surface area contributed by atoms with Gasteiger partial charge in [0, 0.05) is 12.0 Å². The first-order valence-corrected chi connectivity index (χ1v) is 4.19. The molecule has 2 heteroatoms. The summed E-state index contributed by atoms with van der Waals surface area (Å²) in [6.45, 7) is 2.59. The zero-order valence-corrected chi connectivity index (χ0v) is 7.49. The molecule has 58 valence electrons. The zero-order chi connectivity index (χ0) is 8.10. The van der Waals surface area contributed by atoms with Crippen LogP contribution in [0.2, 0.25) is 0 Å². The quantitative estimate of drug-likeness (QED) is 0.580. The number of hydrogen-bond acceptors (Lipinski definition) is 2. The molecule has 0 spiro atoms. The van der Waals surface area contributed by atoms with Crippen LogP contribution in [0.3, 0.4) is 0 Å². The maximum Gasteiger partial charge on any atom is 0.107 e. The molecule has 0 aliphatic carbocycles. The summed E-state index contributed by atoms with van der Waals surface area (Å²) in [5.41, 5.74) is 0. The van der Waals surface area contributed by atoms with E-state index in [0.717, 1.165) is 4.88 Å². The highest BCUT2D eigenvalue weighted by Gasteiger charge is 1.89. The molecular weight excluding hydrogens is 156 g/mol. The van der Waals surface area contributed by atoms with Crippen LogP contribution in [0.25, 0.3) is 0 Å². The lowest BCUT2D eigenvalue weighted by Gasteiger charge is -1.81. The van der Waals surface area contributed by atoms with Crippen molar-refractivity contribution in [3.63, 3.8) is 0 Å². The minimum Gasteiger partial charge on any atom is -0.372 e. The van der Waals surface area contributed by atoms with Crippen LogP contribution >= 0.6 is 11.3 Å². The molecule has 1 heterocycles. The van der Waals surface area contributed by atoms with E-state index in [1.165, 1.54) is 4.88 Å². The lowest BCUT2D eigenvalue weighted by molar-refractivity contribution is 0.240. The number of aryl methyl sites for hydroxylation is 1. The maximum atomic E-state index is 4.80. The fourth-order valence-corrected chi connectivity index (χ4v) is 1.44. The number of thiophene rings is 1. The van der Waals surface area contributed by atoms with Crippen LogP contribution in [0, 0.1) is 18.8 Å². The summed E-state index contributed by atoms with van der Waals surface area (Å²) in [5, 5.41) is 0. The number of ether oxygens (including phenoxy) is 1. The summed E-state index contributed by atoms with van der Waals surface area (Å²) < 4.78 is 4.80. The molecule has 0 aliphatic heterocycles. The highest BCUT2D eigenvalue weighted by atomic mass is 32.1. The summed E-state index contributed by atoms with van der Waals surface area (Å²) >= 11 is 1.71. The fourth-order valence-electron chi connectivity index (χ4n) is 0.697. The monoisotopic (exact) mass is 166 g/mol. The Kier molecular flexibility index (Phi) is 3.15. The minimum absolute atomic E-state index is 0.511. The number of methoxy groups -OCH3 is 1. The smallest absolute Gasteiger partial charge is 0.107 e. The average Bonchev–Trinajstić information content (AvgIpc) is 2.37. The standard InChI is InChI=1S/C9H10OS/c1-8-5-6-9(11-8)4-3-7-10-2/h5-6H,7H2,1-2H3. The van der Waals surface area contributed by atoms with Gasteiger partial charge in [-0.3, -0.25) is 0 Å². The van der Waals surface area contributed by atoms with Crippen molar-refractivity contribution in [3.05, 3.63) is 21.9 Å². The SMILES string of the molecule is COCC#Cc1ccc(C)s1. The Balaban J connectivity index is 2.59. The molecule has 0 N–H and O–H groups in total. The van der Waals surface area contributed by atoms with Gasteiger partial charge >= 0.3 is 0 Å². The van der Waals surface area contributed by atoms with Crippen molar-refractivity contribution in [3.8, 4) is 11.8 Å². The van der Waals surface area contributed by atoms with E-state index >= 15 is 0 Å². The first kappa shape index (κ1) is 8.32. The topological polar surface area (TPSA) is 9.23 Å². The van der Waals surface area contributed by atoms with Crippen molar-refractivity contribution < 1.29 is 4.74 Å². The summed E-state index contributed by atoms with van der Waals surface area (Å²) in [6, 6.07) is 4.10. The van der Waals surface area contributed by atoms with Crippen LogP contribution in [0.5, 0.6) is 0 Å². The number of hydrogen-bond donors (Lipinski definition) is 0. The van der Waals surface area contributed by atoms with E-state index in [4.69, 9.17) is 4.74 Å². The normalized spacial score (nSPS) is 8.91. The Morgan fingerprint density at radius 1 is 1.55 bits per heavy atom. The summed E-state index contributed by atoms with van der Waals surface area (Å²) in [5.74, 6) is 5.91. The molecule has 1 nitrogen and oxygen atoms in total. The highest BCUT2D eigenvalue weighted by Crippen LogP contribution is 2.12. The second kappa shape index (κ2) is 4.17. The van der Waals surface area contributed by atoms with Crippen LogP contribution in [-0.2, 0) is 4.74 Å². The third kappa shape index (κ3) is 2.75. The van der Waals surface area contributed by atoms with Crippen molar-refractivity contribution >= 4 is 11.3 Å². The predicted octanol–water partition coefficient (Wildman–Crippen LogP) is 2.05. The molecule has 0 saturated carbocycles. The van der Waals surface area contributed by atoms with E-state index in [9.17, 15) is 0 Å². The van der Waals surface area contributed by atoms with Gasteiger partial charge in [-0.15, -0.1) is 11.3 Å². The molecule has 1 rings (SSSR count). The van der Waals surface area contributed by atoms with Gasteiger partial charge in [0.15, 0.2) is 0 Å². The largest absolute Gasteiger partial charge is 0.372 e. The lowest BCUT2D eigenvalue weighted by atomic mass is 10.4. The van der Waals surface area contributed by atoms with Gasteiger partial charge in [0.25, 0.3) is 0 Å². The van der Waals surface area contributed by atoms with Gasteiger partial charge < -0.3 is 4.74 Å². The Morgan fingerprint density at radius 3 is 2.91 bits per heavy atom. The minimum atomic E-state index is 0.511. The molecule has 0 aliphatic rings. The first-order chi connectivity index (χ1) is 5.33. The van der Waals surface area contributed by atoms with E-state index in [0.29, 0.717) is 6.61 Å². The second-order valence-electron chi connectivity index (χ2n) is 2.15. The van der Waals surface area contributed by atoms with Gasteiger partial charge in [0.1, 0.15) is 6.61 Å². The Hall–Kier alpha value is -0.780. The van der Waals surface area contributed by atoms with E-state index in [2.05, 4.69) is 24.8 Å². The molecule has 0 radical (unpaired) electrons. The van der Waals surface area contributed by atoms with E-state index in [1.54, 1.807) is 18.4 Å². The lowest BCUT2D eigenvalue weighted by Crippen LogP contribution is -1.80. The van der Waals surface area contributed by atoms with Crippen LogP contribution < -0.4 is 0 Å². The van der Waals surface area contributed by atoms with Gasteiger partial charge in [-0.1, -0.05) is 11.8 Å². The van der Waals surface area contributed by atoms with Crippen molar-refractivity contribution in [2.45, 2.75) is 6.92 Å². The van der Waals surface area contributed by atoms with Gasteiger partial charge in [-0.05, 0) is 19.1 Å². The second-order valence-corrected chi connectivity index (χ2v) is 3.43. The molecule has 0 amide bonds. The first-order valence-electron chi connectivity index (χ1n) is 3.37. The summed E-state index contributed by atoms with van der Waals surface area (Å²) in [4.78, 5) is 2.41. The Morgan fingerprint density at radius 2 is 2.36 bits per heavy atom. The fraction of sp³-hybridized carbons (Fsp3) is 0.333. The molecule has 1 aromatic heterocycles. The molecule has 0 aromatic carbocycles. The highest BCUT2D eigenvalue weighted by molar-refractivity contribution is 7.12. The Labute approximate surface area is 71.0 Å². The molecule has 0 saturated heterocycles. The summed E-state index contributed by atoms with van der Waals surface area (Å²) in [7, 11) is 1.65. The molecule has 1 aromatic rings. The van der Waals surface area contributed by atoms with E-state index < -0.39 is 0 Å². The van der Waals surface area contributed by atoms with Crippen molar-refractivity contribution in [2.75, 3.05) is 13.7 Å². The van der Waals surface area contributed by atoms with Crippen LogP contribution in [0.1, 0.15) is 9.75 Å². The molecular formula is C9H10OS. The zero-order valence-electron chi connectivity index (χ0n) is 6.68. The van der Waals surface area contributed by atoms with Crippen molar-refractivity contribution in [2.24, 2.45) is 0 Å². The molecule has 0 unspecified atom stereocenters. The van der Waals surface area contributed by atoms with Gasteiger partial charge in [0.2, 0.25) is 0 Å². The molecule has 11 heavy (non-hydrogen) atoms. The molecule has 0 fully saturated rings. The third-order valence-electron chi connectivity index (χ3n) is 1.17. The number of rotatable bonds is 1. The van der Waals surface area contributed by atoms with Crippen LogP contribution in [0.15, 0.2) is 12.1 Å². The van der Waals surface area contributed by atoms with Gasteiger partial charge in [-0.2, -0.15) is 0 Å². The predicted molar refractivity (Wildman–Crippen MR) is 47.8 cm³/mol. The van der Waals surface area contributed by atoms with E-state index in [1.807, 2.05) is 6.07 Å². The third-order valence-corrected chi connectivity index (χ3v) is 2.08. The van der Waals surface area contributed by atoms with Gasteiger partial charge in [0.05, 0.1) is 4.88 Å². The maximum absolute atomic E-state index is 4.80. The van der Waals surface area contributed by atoms with Crippen molar-refractivity contribution in [1.29, 1.82) is 0 Å². The van der Waals surface area contributed by atoms with Gasteiger partial charge in [-0.25, -0.2) is 0 Å². The Bertz CT molecular complexity index is 277.